The van der Waals surface area contributed by atoms with Gasteiger partial charge in [-0.2, -0.15) is 0 Å². The lowest BCUT2D eigenvalue weighted by molar-refractivity contribution is -0.120. The summed E-state index contributed by atoms with van der Waals surface area (Å²) < 4.78 is 0. The Morgan fingerprint density at radius 2 is 1.71 bits per heavy atom. The molecule has 4 nitrogen and oxygen atoms in total. The summed E-state index contributed by atoms with van der Waals surface area (Å²) in [6.07, 6.45) is 2.07. The molecule has 24 heavy (non-hydrogen) atoms. The number of anilines is 1. The van der Waals surface area contributed by atoms with E-state index in [2.05, 4.69) is 0 Å². The minimum atomic E-state index is -0.294. The molecule has 1 saturated heterocycles. The molecule has 2 amide bonds. The average Bonchev–Trinajstić information content (AvgIpc) is 3.30. The summed E-state index contributed by atoms with van der Waals surface area (Å²) in [6, 6.07) is 10.7. The van der Waals surface area contributed by atoms with E-state index in [0.717, 1.165) is 30.8 Å². The molecule has 0 radical (unpaired) electrons. The summed E-state index contributed by atoms with van der Waals surface area (Å²) in [5.41, 5.74) is 1.45. The first-order valence-corrected chi connectivity index (χ1v) is 9.10. The lowest BCUT2D eigenvalue weighted by atomic mass is 10.2. The van der Waals surface area contributed by atoms with Crippen LogP contribution in [-0.4, -0.2) is 29.8 Å². The standard InChI is InChI=1S/C18H15ClN2O2S/c19-12-6-1-2-7-13(12)21-17(22)15(14-8-5-11-24-14)16(18(21)23)20-9-3-4-10-20/h1-2,5-8,11H,3-4,9-10H2. The molecule has 2 aliphatic heterocycles. The van der Waals surface area contributed by atoms with Crippen LogP contribution in [0, 0.1) is 0 Å². The van der Waals surface area contributed by atoms with Gasteiger partial charge in [-0.05, 0) is 36.4 Å². The molecule has 1 fully saturated rings. The predicted molar refractivity (Wildman–Crippen MR) is 96.0 cm³/mol. The number of amides is 2. The first kappa shape index (κ1) is 15.4. The van der Waals surface area contributed by atoms with Crippen molar-refractivity contribution in [2.75, 3.05) is 18.0 Å². The molecule has 1 aromatic carbocycles. The van der Waals surface area contributed by atoms with Crippen molar-refractivity contribution in [1.29, 1.82) is 0 Å². The van der Waals surface area contributed by atoms with Crippen LogP contribution in [0.4, 0.5) is 5.69 Å². The monoisotopic (exact) mass is 358 g/mol. The van der Waals surface area contributed by atoms with E-state index in [1.807, 2.05) is 22.4 Å². The molecule has 0 bridgehead atoms. The second kappa shape index (κ2) is 6.07. The zero-order valence-electron chi connectivity index (χ0n) is 12.9. The lowest BCUT2D eigenvalue weighted by Crippen LogP contribution is -2.34. The summed E-state index contributed by atoms with van der Waals surface area (Å²) >= 11 is 7.71. The van der Waals surface area contributed by atoms with Crippen molar-refractivity contribution in [3.63, 3.8) is 0 Å². The third kappa shape index (κ3) is 2.36. The molecule has 2 aliphatic rings. The molecular formula is C18H15ClN2O2S. The molecule has 0 saturated carbocycles. The highest BCUT2D eigenvalue weighted by molar-refractivity contribution is 7.11. The number of likely N-dealkylation sites (tertiary alicyclic amines) is 1. The van der Waals surface area contributed by atoms with Gasteiger partial charge in [0.05, 0.1) is 16.3 Å². The Balaban J connectivity index is 1.85. The number of halogens is 1. The molecule has 0 N–H and O–H groups in total. The number of carbonyl (C=O) groups is 2. The summed E-state index contributed by atoms with van der Waals surface area (Å²) in [6.45, 7) is 1.61. The highest BCUT2D eigenvalue weighted by atomic mass is 35.5. The highest BCUT2D eigenvalue weighted by Gasteiger charge is 2.43. The number of thiophene rings is 1. The third-order valence-electron chi connectivity index (χ3n) is 4.34. The third-order valence-corrected chi connectivity index (χ3v) is 5.55. The predicted octanol–water partition coefficient (Wildman–Crippen LogP) is 3.78. The minimum absolute atomic E-state index is 0.279. The topological polar surface area (TPSA) is 40.6 Å². The highest BCUT2D eigenvalue weighted by Crippen LogP contribution is 2.39. The molecule has 0 spiro atoms. The molecule has 0 unspecified atom stereocenters. The van der Waals surface area contributed by atoms with Crippen LogP contribution in [0.15, 0.2) is 47.5 Å². The lowest BCUT2D eigenvalue weighted by Gasteiger charge is -2.20. The van der Waals surface area contributed by atoms with Gasteiger partial charge in [-0.25, -0.2) is 4.90 Å². The quantitative estimate of drug-likeness (QED) is 0.784. The van der Waals surface area contributed by atoms with Gasteiger partial charge in [0.1, 0.15) is 5.70 Å². The first-order chi connectivity index (χ1) is 11.7. The number of hydrogen-bond acceptors (Lipinski definition) is 4. The van der Waals surface area contributed by atoms with Crippen molar-refractivity contribution in [2.24, 2.45) is 0 Å². The molecule has 122 valence electrons. The van der Waals surface area contributed by atoms with E-state index >= 15 is 0 Å². The second-order valence-electron chi connectivity index (χ2n) is 5.79. The van der Waals surface area contributed by atoms with E-state index in [1.165, 1.54) is 16.2 Å². The van der Waals surface area contributed by atoms with Crippen molar-refractivity contribution < 1.29 is 9.59 Å². The first-order valence-electron chi connectivity index (χ1n) is 7.85. The SMILES string of the molecule is O=C1C(c2cccs2)=C(N2CCCC2)C(=O)N1c1ccccc1Cl. The van der Waals surface area contributed by atoms with Crippen LogP contribution in [0.3, 0.4) is 0 Å². The number of hydrogen-bond donors (Lipinski definition) is 0. The van der Waals surface area contributed by atoms with Crippen LogP contribution in [0.25, 0.3) is 5.57 Å². The molecule has 0 atom stereocenters. The summed E-state index contributed by atoms with van der Waals surface area (Å²) in [5.74, 6) is -0.573. The maximum absolute atomic E-state index is 13.1. The number of rotatable bonds is 3. The Hall–Kier alpha value is -2.11. The van der Waals surface area contributed by atoms with Gasteiger partial charge in [0.15, 0.2) is 0 Å². The van der Waals surface area contributed by atoms with Gasteiger partial charge in [0.2, 0.25) is 0 Å². The Bertz CT molecular complexity index is 838. The van der Waals surface area contributed by atoms with Gasteiger partial charge >= 0.3 is 0 Å². The Labute approximate surface area is 148 Å². The van der Waals surface area contributed by atoms with E-state index in [-0.39, 0.29) is 11.8 Å². The zero-order valence-corrected chi connectivity index (χ0v) is 14.4. The summed E-state index contributed by atoms with van der Waals surface area (Å²) in [5, 5.41) is 2.31. The van der Waals surface area contributed by atoms with Crippen molar-refractivity contribution in [3.05, 3.63) is 57.4 Å². The van der Waals surface area contributed by atoms with Gasteiger partial charge in [0, 0.05) is 18.0 Å². The van der Waals surface area contributed by atoms with Crippen molar-refractivity contribution in [3.8, 4) is 0 Å². The fourth-order valence-corrected chi connectivity index (χ4v) is 4.23. The number of para-hydroxylation sites is 1. The minimum Gasteiger partial charge on any atom is -0.366 e. The molecular weight excluding hydrogens is 344 g/mol. The smallest absolute Gasteiger partial charge is 0.282 e. The molecule has 1 aromatic heterocycles. The fraction of sp³-hybridized carbons (Fsp3) is 0.222. The molecule has 4 rings (SSSR count). The average molecular weight is 359 g/mol. The molecule has 2 aromatic rings. The van der Waals surface area contributed by atoms with Crippen molar-refractivity contribution in [1.82, 2.24) is 4.90 Å². The molecule has 0 aliphatic carbocycles. The largest absolute Gasteiger partial charge is 0.366 e. The van der Waals surface area contributed by atoms with E-state index in [4.69, 9.17) is 11.6 Å². The van der Waals surface area contributed by atoms with Gasteiger partial charge in [-0.1, -0.05) is 29.8 Å². The summed E-state index contributed by atoms with van der Waals surface area (Å²) in [7, 11) is 0. The van der Waals surface area contributed by atoms with Gasteiger partial charge in [-0.15, -0.1) is 11.3 Å². The molecule has 6 heteroatoms. The van der Waals surface area contributed by atoms with Gasteiger partial charge in [0.25, 0.3) is 11.8 Å². The van der Waals surface area contributed by atoms with E-state index in [1.54, 1.807) is 24.3 Å². The van der Waals surface area contributed by atoms with Crippen LogP contribution in [0.5, 0.6) is 0 Å². The maximum Gasteiger partial charge on any atom is 0.282 e. The van der Waals surface area contributed by atoms with Crippen LogP contribution in [-0.2, 0) is 9.59 Å². The van der Waals surface area contributed by atoms with Crippen LogP contribution in [0.1, 0.15) is 17.7 Å². The Morgan fingerprint density at radius 3 is 2.38 bits per heavy atom. The second-order valence-corrected chi connectivity index (χ2v) is 7.15. The van der Waals surface area contributed by atoms with Crippen LogP contribution >= 0.6 is 22.9 Å². The number of nitrogens with zero attached hydrogens (tertiary/aromatic N) is 2. The van der Waals surface area contributed by atoms with Crippen LogP contribution < -0.4 is 4.90 Å². The van der Waals surface area contributed by atoms with E-state index < -0.39 is 0 Å². The van der Waals surface area contributed by atoms with Crippen molar-refractivity contribution >= 4 is 46.0 Å². The maximum atomic E-state index is 13.1. The van der Waals surface area contributed by atoms with Crippen molar-refractivity contribution in [2.45, 2.75) is 12.8 Å². The normalized spacial score (nSPS) is 18.2. The Morgan fingerprint density at radius 1 is 0.958 bits per heavy atom. The molecule has 3 heterocycles. The number of imide groups is 1. The van der Waals surface area contributed by atoms with Gasteiger partial charge in [-0.3, -0.25) is 9.59 Å². The summed E-state index contributed by atoms with van der Waals surface area (Å²) in [4.78, 5) is 30.3. The Kier molecular flexibility index (Phi) is 3.90. The van der Waals surface area contributed by atoms with E-state index in [0.29, 0.717) is 22.0 Å². The van der Waals surface area contributed by atoms with Gasteiger partial charge < -0.3 is 4.90 Å². The number of carbonyl (C=O) groups excluding carboxylic acids is 2. The zero-order chi connectivity index (χ0) is 16.7. The van der Waals surface area contributed by atoms with E-state index in [9.17, 15) is 9.59 Å². The number of benzene rings is 1. The van der Waals surface area contributed by atoms with Crippen LogP contribution in [0.2, 0.25) is 5.02 Å². The fourth-order valence-electron chi connectivity index (χ4n) is 3.25.